The summed E-state index contributed by atoms with van der Waals surface area (Å²) in [6.45, 7) is 9.86. The van der Waals surface area contributed by atoms with Crippen molar-refractivity contribution in [1.82, 2.24) is 10.6 Å². The summed E-state index contributed by atoms with van der Waals surface area (Å²) in [6.07, 6.45) is 4.44. The lowest BCUT2D eigenvalue weighted by Crippen LogP contribution is -2.44. The summed E-state index contributed by atoms with van der Waals surface area (Å²) in [6, 6.07) is 0. The Balaban J connectivity index is 3.66. The summed E-state index contributed by atoms with van der Waals surface area (Å²) in [5.41, 5.74) is 0. The van der Waals surface area contributed by atoms with Crippen LogP contribution in [0, 0.1) is 0 Å². The van der Waals surface area contributed by atoms with Gasteiger partial charge in [0.2, 0.25) is 0 Å². The summed E-state index contributed by atoms with van der Waals surface area (Å²) < 4.78 is 5.70. The average molecular weight is 275 g/mol. The Morgan fingerprint density at radius 2 is 2.00 bits per heavy atom. The number of nitrogens with zero attached hydrogens (tertiary/aromatic N) is 1. The van der Waals surface area contributed by atoms with Crippen molar-refractivity contribution in [3.05, 3.63) is 0 Å². The maximum atomic E-state index is 5.49. The maximum absolute atomic E-state index is 5.49. The van der Waals surface area contributed by atoms with Crippen LogP contribution in [0.2, 0.25) is 0 Å². The number of hydrogen-bond acceptors (Lipinski definition) is 3. The van der Waals surface area contributed by atoms with Gasteiger partial charge in [-0.3, -0.25) is 4.99 Å². The minimum atomic E-state index is 0.218. The van der Waals surface area contributed by atoms with E-state index in [9.17, 15) is 0 Å². The van der Waals surface area contributed by atoms with E-state index < -0.39 is 0 Å². The number of hydrogen-bond donors (Lipinski definition) is 2. The first-order valence-corrected chi connectivity index (χ1v) is 7.85. The zero-order valence-corrected chi connectivity index (χ0v) is 13.3. The maximum Gasteiger partial charge on any atom is 0.191 e. The van der Waals surface area contributed by atoms with Crippen LogP contribution in [-0.2, 0) is 4.74 Å². The number of aliphatic imine (C=N–C) groups is 1. The molecule has 0 saturated heterocycles. The molecule has 0 aliphatic rings. The summed E-state index contributed by atoms with van der Waals surface area (Å²) in [4.78, 5) is 4.19. The van der Waals surface area contributed by atoms with Crippen LogP contribution in [-0.4, -0.2) is 50.3 Å². The van der Waals surface area contributed by atoms with Crippen molar-refractivity contribution in [2.45, 2.75) is 38.4 Å². The smallest absolute Gasteiger partial charge is 0.191 e. The Morgan fingerprint density at radius 3 is 2.56 bits per heavy atom. The molecule has 0 aromatic heterocycles. The molecule has 0 spiro atoms. The zero-order valence-electron chi connectivity index (χ0n) is 12.5. The fourth-order valence-corrected chi connectivity index (χ4v) is 1.40. The first-order valence-electron chi connectivity index (χ1n) is 6.63. The van der Waals surface area contributed by atoms with Crippen LogP contribution in [0.25, 0.3) is 0 Å². The van der Waals surface area contributed by atoms with E-state index in [1.54, 1.807) is 7.05 Å². The first-order chi connectivity index (χ1) is 8.55. The van der Waals surface area contributed by atoms with Gasteiger partial charge in [0.25, 0.3) is 0 Å². The lowest BCUT2D eigenvalue weighted by molar-refractivity contribution is 0.136. The molecule has 0 bridgehead atoms. The van der Waals surface area contributed by atoms with Gasteiger partial charge in [0.15, 0.2) is 5.96 Å². The minimum Gasteiger partial charge on any atom is -0.380 e. The van der Waals surface area contributed by atoms with E-state index in [0.717, 1.165) is 38.7 Å². The summed E-state index contributed by atoms with van der Waals surface area (Å²) in [5, 5.41) is 6.57. The number of unbranched alkanes of at least 4 members (excludes halogenated alkanes) is 1. The van der Waals surface area contributed by atoms with Crippen LogP contribution in [0.5, 0.6) is 0 Å². The average Bonchev–Trinajstić information content (AvgIpc) is 2.37. The molecule has 0 amide bonds. The van der Waals surface area contributed by atoms with E-state index in [2.05, 4.69) is 42.7 Å². The Hall–Kier alpha value is -0.420. The van der Waals surface area contributed by atoms with Crippen molar-refractivity contribution in [1.29, 1.82) is 0 Å². The van der Waals surface area contributed by atoms with Crippen molar-refractivity contribution in [3.63, 3.8) is 0 Å². The summed E-state index contributed by atoms with van der Waals surface area (Å²) in [7, 11) is 1.79. The third-order valence-corrected chi connectivity index (χ3v) is 3.89. The Morgan fingerprint density at radius 1 is 1.28 bits per heavy atom. The summed E-state index contributed by atoms with van der Waals surface area (Å²) >= 11 is 1.85. The van der Waals surface area contributed by atoms with Gasteiger partial charge in [-0.05, 0) is 26.5 Å². The first kappa shape index (κ1) is 17.6. The fraction of sp³-hybridized carbons (Fsp3) is 0.923. The predicted octanol–water partition coefficient (Wildman–Crippen LogP) is 2.11. The van der Waals surface area contributed by atoms with E-state index in [1.807, 2.05) is 11.8 Å². The van der Waals surface area contributed by atoms with Crippen LogP contribution in [0.4, 0.5) is 0 Å². The van der Waals surface area contributed by atoms with Gasteiger partial charge in [0.05, 0.1) is 6.61 Å². The third-order valence-electron chi connectivity index (χ3n) is 2.64. The molecule has 0 aliphatic heterocycles. The second-order valence-electron chi connectivity index (χ2n) is 4.78. The molecule has 0 radical (unpaired) electrons. The Kier molecular flexibility index (Phi) is 10.3. The van der Waals surface area contributed by atoms with E-state index >= 15 is 0 Å². The van der Waals surface area contributed by atoms with Crippen molar-refractivity contribution < 1.29 is 4.74 Å². The standard InChI is InChI=1S/C13H29N3OS/c1-6-7-9-17-10-8-15-12(14-4)16-11-13(2,3)18-5/h6-11H2,1-5H3,(H2,14,15,16). The third kappa shape index (κ3) is 9.59. The molecule has 5 heteroatoms. The topological polar surface area (TPSA) is 45.6 Å². The second-order valence-corrected chi connectivity index (χ2v) is 6.30. The lowest BCUT2D eigenvalue weighted by Gasteiger charge is -2.23. The van der Waals surface area contributed by atoms with E-state index in [0.29, 0.717) is 0 Å². The highest BCUT2D eigenvalue weighted by molar-refractivity contribution is 7.99. The quantitative estimate of drug-likeness (QED) is 0.384. The molecule has 2 N–H and O–H groups in total. The summed E-state index contributed by atoms with van der Waals surface area (Å²) in [5.74, 6) is 0.844. The van der Waals surface area contributed by atoms with Gasteiger partial charge in [0.1, 0.15) is 0 Å². The lowest BCUT2D eigenvalue weighted by atomic mass is 10.2. The highest BCUT2D eigenvalue weighted by Gasteiger charge is 2.15. The normalized spacial score (nSPS) is 12.6. The molecule has 18 heavy (non-hydrogen) atoms. The van der Waals surface area contributed by atoms with Crippen LogP contribution >= 0.6 is 11.8 Å². The van der Waals surface area contributed by atoms with Gasteiger partial charge in [-0.1, -0.05) is 13.3 Å². The van der Waals surface area contributed by atoms with Crippen LogP contribution in [0.1, 0.15) is 33.6 Å². The molecule has 0 aliphatic carbocycles. The van der Waals surface area contributed by atoms with Crippen molar-refractivity contribution >= 4 is 17.7 Å². The van der Waals surface area contributed by atoms with Crippen LogP contribution in [0.15, 0.2) is 4.99 Å². The SMILES string of the molecule is CCCCOCCNC(=NC)NCC(C)(C)SC. The highest BCUT2D eigenvalue weighted by Crippen LogP contribution is 2.19. The van der Waals surface area contributed by atoms with Crippen LogP contribution in [0.3, 0.4) is 0 Å². The number of rotatable bonds is 9. The van der Waals surface area contributed by atoms with Crippen molar-refractivity contribution in [2.75, 3.05) is 39.6 Å². The molecule has 0 atom stereocenters. The van der Waals surface area contributed by atoms with E-state index in [1.165, 1.54) is 6.42 Å². The van der Waals surface area contributed by atoms with Gasteiger partial charge < -0.3 is 15.4 Å². The molecule has 0 unspecified atom stereocenters. The molecule has 0 saturated carbocycles. The number of guanidine groups is 1. The molecule has 0 fully saturated rings. The largest absolute Gasteiger partial charge is 0.380 e. The zero-order chi connectivity index (χ0) is 13.9. The monoisotopic (exact) mass is 275 g/mol. The van der Waals surface area contributed by atoms with Crippen molar-refractivity contribution in [2.24, 2.45) is 4.99 Å². The molecule has 0 aromatic rings. The molecule has 4 nitrogen and oxygen atoms in total. The number of thioether (sulfide) groups is 1. The van der Waals surface area contributed by atoms with Crippen LogP contribution < -0.4 is 10.6 Å². The van der Waals surface area contributed by atoms with Crippen molar-refractivity contribution in [3.8, 4) is 0 Å². The fourth-order valence-electron chi connectivity index (χ4n) is 1.18. The van der Waals surface area contributed by atoms with Gasteiger partial charge in [-0.2, -0.15) is 11.8 Å². The Bertz CT molecular complexity index is 232. The van der Waals surface area contributed by atoms with Gasteiger partial charge >= 0.3 is 0 Å². The molecular formula is C13H29N3OS. The highest BCUT2D eigenvalue weighted by atomic mass is 32.2. The molecule has 108 valence electrons. The number of nitrogens with one attached hydrogen (secondary N) is 2. The molecule has 0 rings (SSSR count). The van der Waals surface area contributed by atoms with Gasteiger partial charge in [-0.25, -0.2) is 0 Å². The number of ether oxygens (including phenoxy) is 1. The predicted molar refractivity (Wildman–Crippen MR) is 82.7 cm³/mol. The van der Waals surface area contributed by atoms with E-state index in [4.69, 9.17) is 4.74 Å². The molecule has 0 heterocycles. The second kappa shape index (κ2) is 10.5. The molecule has 0 aromatic carbocycles. The van der Waals surface area contributed by atoms with E-state index in [-0.39, 0.29) is 4.75 Å². The molecular weight excluding hydrogens is 246 g/mol. The van der Waals surface area contributed by atoms with Gasteiger partial charge in [-0.15, -0.1) is 0 Å². The Labute approximate surface area is 116 Å². The van der Waals surface area contributed by atoms with Gasteiger partial charge in [0, 0.05) is 31.5 Å². The minimum absolute atomic E-state index is 0.218.